The lowest BCUT2D eigenvalue weighted by atomic mass is 10.0. The van der Waals surface area contributed by atoms with Gasteiger partial charge in [-0.05, 0) is 49.1 Å². The number of carbonyl (C=O) groups excluding carboxylic acids is 1. The number of thiophene rings is 1. The lowest BCUT2D eigenvalue weighted by Crippen LogP contribution is -2.29. The molecule has 0 aliphatic rings. The Morgan fingerprint density at radius 3 is 2.41 bits per heavy atom. The third-order valence-corrected chi connectivity index (χ3v) is 6.83. The lowest BCUT2D eigenvalue weighted by Gasteiger charge is -2.13. The van der Waals surface area contributed by atoms with E-state index in [-0.39, 0.29) is 28.2 Å². The largest absolute Gasteiger partial charge is 0.477 e. The first-order valence-electron chi connectivity index (χ1n) is 10.2. The van der Waals surface area contributed by atoms with E-state index < -0.39 is 5.97 Å². The van der Waals surface area contributed by atoms with Crippen molar-refractivity contribution < 1.29 is 14.7 Å². The summed E-state index contributed by atoms with van der Waals surface area (Å²) < 4.78 is 1.39. The van der Waals surface area contributed by atoms with E-state index in [0.29, 0.717) is 28.2 Å². The van der Waals surface area contributed by atoms with Crippen LogP contribution in [0.2, 0.25) is 0 Å². The molecule has 162 valence electrons. The molecule has 4 aromatic rings. The Morgan fingerprint density at radius 2 is 1.75 bits per heavy atom. The van der Waals surface area contributed by atoms with Crippen LogP contribution in [0.15, 0.2) is 53.3 Å². The van der Waals surface area contributed by atoms with Crippen molar-refractivity contribution >= 4 is 33.3 Å². The van der Waals surface area contributed by atoms with Gasteiger partial charge in [-0.25, -0.2) is 9.78 Å². The van der Waals surface area contributed by atoms with E-state index >= 15 is 0 Å². The fourth-order valence-corrected chi connectivity index (χ4v) is 4.72. The molecule has 4 rings (SSSR count). The molecular weight excluding hydrogens is 424 g/mol. The van der Waals surface area contributed by atoms with Gasteiger partial charge >= 0.3 is 5.97 Å². The summed E-state index contributed by atoms with van der Waals surface area (Å²) in [5, 5.41) is 9.75. The monoisotopic (exact) mass is 446 g/mol. The summed E-state index contributed by atoms with van der Waals surface area (Å²) in [7, 11) is 0. The molecule has 0 fully saturated rings. The van der Waals surface area contributed by atoms with E-state index in [1.807, 2.05) is 56.3 Å². The van der Waals surface area contributed by atoms with Gasteiger partial charge < -0.3 is 5.11 Å². The number of rotatable bonds is 6. The molecule has 0 saturated carbocycles. The molecule has 2 aromatic heterocycles. The lowest BCUT2D eigenvalue weighted by molar-refractivity contribution is 0.0701. The zero-order chi connectivity index (χ0) is 23.0. The molecule has 2 heterocycles. The Kier molecular flexibility index (Phi) is 5.76. The third kappa shape index (κ3) is 3.99. The minimum Gasteiger partial charge on any atom is -0.477 e. The number of ketones is 1. The zero-order valence-corrected chi connectivity index (χ0v) is 18.8. The Balaban J connectivity index is 1.86. The van der Waals surface area contributed by atoms with Gasteiger partial charge in [-0.3, -0.25) is 14.2 Å². The highest BCUT2D eigenvalue weighted by molar-refractivity contribution is 7.20. The van der Waals surface area contributed by atoms with Crippen LogP contribution in [0.3, 0.4) is 0 Å². The Hall–Kier alpha value is -3.58. The van der Waals surface area contributed by atoms with Crippen LogP contribution >= 0.6 is 11.3 Å². The number of fused-ring (bicyclic) bond motifs is 1. The highest BCUT2D eigenvalue weighted by atomic mass is 32.1. The minimum atomic E-state index is -1.09. The highest BCUT2D eigenvalue weighted by Crippen LogP contribution is 2.28. The SMILES string of the molecule is Cc1ccc(C(=O)Cn2c(Cc3ccccc3)nc3sc(C(=O)O)c(C)c3c2=O)cc1C. The molecule has 1 N–H and O–H groups in total. The summed E-state index contributed by atoms with van der Waals surface area (Å²) in [6.07, 6.45) is 0.353. The van der Waals surface area contributed by atoms with Gasteiger partial charge in [0.15, 0.2) is 5.78 Å². The van der Waals surface area contributed by atoms with Crippen LogP contribution in [0.5, 0.6) is 0 Å². The van der Waals surface area contributed by atoms with Crippen molar-refractivity contribution in [2.75, 3.05) is 0 Å². The predicted octanol–water partition coefficient (Wildman–Crippen LogP) is 4.56. The molecule has 6 nitrogen and oxygen atoms in total. The first-order chi connectivity index (χ1) is 15.3. The topological polar surface area (TPSA) is 89.3 Å². The fourth-order valence-electron chi connectivity index (χ4n) is 3.69. The molecule has 0 amide bonds. The van der Waals surface area contributed by atoms with E-state index in [2.05, 4.69) is 4.98 Å². The maximum absolute atomic E-state index is 13.5. The minimum absolute atomic E-state index is 0.0912. The first-order valence-corrected chi connectivity index (χ1v) is 11.0. The maximum atomic E-state index is 13.5. The second-order valence-electron chi connectivity index (χ2n) is 7.85. The molecule has 0 spiro atoms. The van der Waals surface area contributed by atoms with E-state index in [4.69, 9.17) is 0 Å². The molecule has 0 radical (unpaired) electrons. The predicted molar refractivity (Wildman–Crippen MR) is 125 cm³/mol. The first kappa shape index (κ1) is 21.6. The van der Waals surface area contributed by atoms with Crippen molar-refractivity contribution in [3.63, 3.8) is 0 Å². The molecule has 0 aliphatic carbocycles. The van der Waals surface area contributed by atoms with Crippen LogP contribution in [-0.2, 0) is 13.0 Å². The van der Waals surface area contributed by atoms with E-state index in [9.17, 15) is 19.5 Å². The average molecular weight is 447 g/mol. The molecule has 0 atom stereocenters. The Labute approximate surface area is 188 Å². The van der Waals surface area contributed by atoms with Crippen LogP contribution in [0.25, 0.3) is 10.2 Å². The van der Waals surface area contributed by atoms with Crippen LogP contribution < -0.4 is 5.56 Å². The number of carboxylic acid groups (broad SMARTS) is 1. The van der Waals surface area contributed by atoms with Crippen molar-refractivity contribution in [1.29, 1.82) is 0 Å². The van der Waals surface area contributed by atoms with Crippen molar-refractivity contribution in [2.45, 2.75) is 33.7 Å². The summed E-state index contributed by atoms with van der Waals surface area (Å²) in [4.78, 5) is 43.3. The summed E-state index contributed by atoms with van der Waals surface area (Å²) in [6, 6.07) is 15.0. The van der Waals surface area contributed by atoms with Crippen LogP contribution in [0.4, 0.5) is 0 Å². The molecule has 0 saturated heterocycles. The second-order valence-corrected chi connectivity index (χ2v) is 8.84. The quantitative estimate of drug-likeness (QED) is 0.439. The highest BCUT2D eigenvalue weighted by Gasteiger charge is 2.22. The fraction of sp³-hybridized carbons (Fsp3) is 0.200. The van der Waals surface area contributed by atoms with Crippen molar-refractivity contribution in [1.82, 2.24) is 9.55 Å². The zero-order valence-electron chi connectivity index (χ0n) is 18.0. The van der Waals surface area contributed by atoms with Gasteiger partial charge in [0, 0.05) is 12.0 Å². The summed E-state index contributed by atoms with van der Waals surface area (Å²) in [5.74, 6) is -0.853. The number of Topliss-reactive ketones (excluding diaryl/α,β-unsaturated/α-hetero) is 1. The number of aryl methyl sites for hydroxylation is 3. The van der Waals surface area contributed by atoms with Crippen LogP contribution in [0.1, 0.15) is 48.1 Å². The summed E-state index contributed by atoms with van der Waals surface area (Å²) >= 11 is 0.989. The maximum Gasteiger partial charge on any atom is 0.346 e. The van der Waals surface area contributed by atoms with Gasteiger partial charge in [-0.1, -0.05) is 42.5 Å². The smallest absolute Gasteiger partial charge is 0.346 e. The van der Waals surface area contributed by atoms with Gasteiger partial charge in [0.2, 0.25) is 0 Å². The summed E-state index contributed by atoms with van der Waals surface area (Å²) in [5.41, 5.74) is 3.55. The van der Waals surface area contributed by atoms with E-state index in [1.165, 1.54) is 4.57 Å². The molecule has 0 bridgehead atoms. The number of hydrogen-bond acceptors (Lipinski definition) is 5. The number of carboxylic acids is 1. The third-order valence-electron chi connectivity index (χ3n) is 5.66. The molecule has 0 unspecified atom stereocenters. The second kappa shape index (κ2) is 8.51. The average Bonchev–Trinajstić information content (AvgIpc) is 3.10. The molecular formula is C25H22N2O4S. The Bertz CT molecular complexity index is 1420. The van der Waals surface area contributed by atoms with E-state index in [1.54, 1.807) is 13.0 Å². The molecule has 7 heteroatoms. The van der Waals surface area contributed by atoms with Crippen LogP contribution in [0, 0.1) is 20.8 Å². The van der Waals surface area contributed by atoms with E-state index in [0.717, 1.165) is 28.0 Å². The number of aromatic nitrogens is 2. The van der Waals surface area contributed by atoms with Crippen molar-refractivity contribution in [2.24, 2.45) is 0 Å². The number of hydrogen-bond donors (Lipinski definition) is 1. The number of nitrogens with zero attached hydrogens (tertiary/aromatic N) is 2. The molecule has 32 heavy (non-hydrogen) atoms. The van der Waals surface area contributed by atoms with Crippen molar-refractivity contribution in [3.8, 4) is 0 Å². The number of benzene rings is 2. The number of carbonyl (C=O) groups is 2. The molecule has 2 aromatic carbocycles. The normalized spacial score (nSPS) is 11.1. The van der Waals surface area contributed by atoms with Gasteiger partial charge in [-0.15, -0.1) is 11.3 Å². The molecule has 0 aliphatic heterocycles. The van der Waals surface area contributed by atoms with Crippen molar-refractivity contribution in [3.05, 3.63) is 97.4 Å². The summed E-state index contributed by atoms with van der Waals surface area (Å²) in [6.45, 7) is 5.36. The van der Waals surface area contributed by atoms with Gasteiger partial charge in [-0.2, -0.15) is 0 Å². The Morgan fingerprint density at radius 1 is 1.03 bits per heavy atom. The number of aromatic carboxylic acids is 1. The standard InChI is InChI=1S/C25H22N2O4S/c1-14-9-10-18(11-15(14)2)19(28)13-27-20(12-17-7-5-4-6-8-17)26-23-21(24(27)29)16(3)22(32-23)25(30)31/h4-11H,12-13H2,1-3H3,(H,30,31). The van der Waals surface area contributed by atoms with Gasteiger partial charge in [0.1, 0.15) is 15.5 Å². The van der Waals surface area contributed by atoms with Gasteiger partial charge in [0.25, 0.3) is 5.56 Å². The van der Waals surface area contributed by atoms with Crippen LogP contribution in [-0.4, -0.2) is 26.4 Å². The van der Waals surface area contributed by atoms with Gasteiger partial charge in [0.05, 0.1) is 11.9 Å².